The molecule has 5 nitrogen and oxygen atoms in total. The lowest BCUT2D eigenvalue weighted by atomic mass is 9.93. The third kappa shape index (κ3) is 2.97. The first-order chi connectivity index (χ1) is 12.1. The van der Waals surface area contributed by atoms with Gasteiger partial charge in [-0.15, -0.1) is 0 Å². The third-order valence-electron chi connectivity index (χ3n) is 4.99. The van der Waals surface area contributed by atoms with E-state index in [0.717, 1.165) is 24.0 Å². The number of hydrogen-bond acceptors (Lipinski definition) is 4. The summed E-state index contributed by atoms with van der Waals surface area (Å²) in [5, 5.41) is 20.0. The second-order valence-corrected chi connectivity index (χ2v) is 6.65. The number of aliphatic hydroxyl groups is 1. The van der Waals surface area contributed by atoms with E-state index in [9.17, 15) is 9.90 Å². The first kappa shape index (κ1) is 16.0. The summed E-state index contributed by atoms with van der Waals surface area (Å²) in [6.07, 6.45) is 0.0673. The number of aromatic nitrogens is 2. The van der Waals surface area contributed by atoms with Gasteiger partial charge in [-0.05, 0) is 30.5 Å². The highest BCUT2D eigenvalue weighted by molar-refractivity contribution is 5.83. The number of nitrogens with zero attached hydrogens (tertiary/aromatic N) is 2. The van der Waals surface area contributed by atoms with Crippen LogP contribution in [0.15, 0.2) is 53.3 Å². The molecule has 0 aliphatic carbocycles. The SMILES string of the molecule is Cc1nn(CC(O)C2Cc3ccccc3CN2)c(=O)c2ccccc12. The summed E-state index contributed by atoms with van der Waals surface area (Å²) in [6, 6.07) is 15.6. The zero-order valence-corrected chi connectivity index (χ0v) is 14.1. The number of nitrogens with one attached hydrogen (secondary N) is 1. The molecule has 3 aromatic rings. The Morgan fingerprint density at radius 3 is 2.64 bits per heavy atom. The molecule has 25 heavy (non-hydrogen) atoms. The molecule has 0 saturated carbocycles. The standard InChI is InChI=1S/C20H21N3O2/c1-13-16-8-4-5-9-17(16)20(25)23(22-13)12-19(24)18-10-14-6-2-3-7-15(14)11-21-18/h2-9,18-19,21,24H,10-12H2,1H3. The Bertz CT molecular complexity index is 980. The molecule has 0 radical (unpaired) electrons. The maximum atomic E-state index is 12.7. The molecule has 0 bridgehead atoms. The fraction of sp³-hybridized carbons (Fsp3) is 0.300. The lowest BCUT2D eigenvalue weighted by molar-refractivity contribution is 0.0997. The highest BCUT2D eigenvalue weighted by Gasteiger charge is 2.25. The Labute approximate surface area is 145 Å². The molecule has 2 aromatic carbocycles. The average molecular weight is 335 g/mol. The molecule has 2 N–H and O–H groups in total. The smallest absolute Gasteiger partial charge is 0.274 e. The van der Waals surface area contributed by atoms with Crippen molar-refractivity contribution in [1.82, 2.24) is 15.1 Å². The van der Waals surface area contributed by atoms with Crippen LogP contribution in [-0.2, 0) is 19.5 Å². The maximum absolute atomic E-state index is 12.7. The van der Waals surface area contributed by atoms with Crippen LogP contribution in [0, 0.1) is 6.92 Å². The average Bonchev–Trinajstić information content (AvgIpc) is 2.65. The van der Waals surface area contributed by atoms with Gasteiger partial charge in [0.1, 0.15) is 0 Å². The van der Waals surface area contributed by atoms with E-state index >= 15 is 0 Å². The molecule has 4 rings (SSSR count). The van der Waals surface area contributed by atoms with Gasteiger partial charge in [0.25, 0.3) is 5.56 Å². The quantitative estimate of drug-likeness (QED) is 0.766. The Morgan fingerprint density at radius 1 is 1.16 bits per heavy atom. The highest BCUT2D eigenvalue weighted by atomic mass is 16.3. The van der Waals surface area contributed by atoms with Crippen molar-refractivity contribution < 1.29 is 5.11 Å². The number of benzene rings is 2. The van der Waals surface area contributed by atoms with Gasteiger partial charge in [0.2, 0.25) is 0 Å². The van der Waals surface area contributed by atoms with Crippen molar-refractivity contribution in [3.05, 3.63) is 75.7 Å². The van der Waals surface area contributed by atoms with Gasteiger partial charge in [-0.25, -0.2) is 4.68 Å². The fourth-order valence-corrected chi connectivity index (χ4v) is 3.58. The van der Waals surface area contributed by atoms with E-state index < -0.39 is 6.10 Å². The van der Waals surface area contributed by atoms with Crippen molar-refractivity contribution in [2.24, 2.45) is 0 Å². The van der Waals surface area contributed by atoms with Crippen LogP contribution in [0.2, 0.25) is 0 Å². The Morgan fingerprint density at radius 2 is 1.84 bits per heavy atom. The van der Waals surface area contributed by atoms with Crippen LogP contribution in [0.4, 0.5) is 0 Å². The van der Waals surface area contributed by atoms with Gasteiger partial charge < -0.3 is 10.4 Å². The van der Waals surface area contributed by atoms with E-state index in [2.05, 4.69) is 22.5 Å². The monoisotopic (exact) mass is 335 g/mol. The van der Waals surface area contributed by atoms with Crippen LogP contribution in [0.5, 0.6) is 0 Å². The van der Waals surface area contributed by atoms with Crippen LogP contribution in [0.1, 0.15) is 16.8 Å². The van der Waals surface area contributed by atoms with Gasteiger partial charge in [0.05, 0.1) is 23.7 Å². The van der Waals surface area contributed by atoms with Gasteiger partial charge >= 0.3 is 0 Å². The normalized spacial score (nSPS) is 18.1. The van der Waals surface area contributed by atoms with E-state index in [1.54, 1.807) is 0 Å². The first-order valence-corrected chi connectivity index (χ1v) is 8.58. The summed E-state index contributed by atoms with van der Waals surface area (Å²) in [5.74, 6) is 0. The number of fused-ring (bicyclic) bond motifs is 2. The molecule has 5 heteroatoms. The molecule has 1 aliphatic rings. The topological polar surface area (TPSA) is 67.2 Å². The minimum atomic E-state index is -0.681. The third-order valence-corrected chi connectivity index (χ3v) is 4.99. The van der Waals surface area contributed by atoms with Crippen LogP contribution < -0.4 is 10.9 Å². The molecule has 2 unspecified atom stereocenters. The summed E-state index contributed by atoms with van der Waals surface area (Å²) in [5.41, 5.74) is 3.16. The van der Waals surface area contributed by atoms with Gasteiger partial charge in [-0.2, -0.15) is 5.10 Å². The Balaban J connectivity index is 1.60. The summed E-state index contributed by atoms with van der Waals surface area (Å²) in [7, 11) is 0. The number of aryl methyl sites for hydroxylation is 1. The number of aliphatic hydroxyl groups excluding tert-OH is 1. The number of hydrogen-bond donors (Lipinski definition) is 2. The maximum Gasteiger partial charge on any atom is 0.274 e. The Kier molecular flexibility index (Phi) is 4.11. The van der Waals surface area contributed by atoms with E-state index in [0.29, 0.717) is 5.39 Å². The fourth-order valence-electron chi connectivity index (χ4n) is 3.58. The second kappa shape index (κ2) is 6.43. The van der Waals surface area contributed by atoms with Crippen molar-refractivity contribution in [3.63, 3.8) is 0 Å². The molecule has 2 heterocycles. The largest absolute Gasteiger partial charge is 0.390 e. The van der Waals surface area contributed by atoms with Crippen LogP contribution in [-0.4, -0.2) is 27.0 Å². The van der Waals surface area contributed by atoms with Crippen LogP contribution >= 0.6 is 0 Å². The van der Waals surface area contributed by atoms with E-state index in [4.69, 9.17) is 0 Å². The molecule has 0 saturated heterocycles. The minimum Gasteiger partial charge on any atom is -0.390 e. The van der Waals surface area contributed by atoms with Crippen molar-refractivity contribution in [3.8, 4) is 0 Å². The van der Waals surface area contributed by atoms with Crippen molar-refractivity contribution >= 4 is 10.8 Å². The highest BCUT2D eigenvalue weighted by Crippen LogP contribution is 2.18. The molecule has 0 fully saturated rings. The van der Waals surface area contributed by atoms with Gasteiger partial charge in [-0.1, -0.05) is 42.5 Å². The molecular weight excluding hydrogens is 314 g/mol. The molecule has 2 atom stereocenters. The minimum absolute atomic E-state index is 0.0876. The molecule has 0 spiro atoms. The molecule has 128 valence electrons. The Hall–Kier alpha value is -2.50. The summed E-state index contributed by atoms with van der Waals surface area (Å²) >= 11 is 0. The van der Waals surface area contributed by atoms with Gasteiger partial charge in [0.15, 0.2) is 0 Å². The summed E-state index contributed by atoms with van der Waals surface area (Å²) < 4.78 is 1.39. The van der Waals surface area contributed by atoms with E-state index in [-0.39, 0.29) is 18.1 Å². The van der Waals surface area contributed by atoms with Gasteiger partial charge in [-0.3, -0.25) is 4.79 Å². The molecule has 1 aliphatic heterocycles. The number of rotatable bonds is 3. The lowest BCUT2D eigenvalue weighted by Gasteiger charge is -2.30. The zero-order chi connectivity index (χ0) is 17.4. The van der Waals surface area contributed by atoms with Crippen LogP contribution in [0.3, 0.4) is 0 Å². The molecule has 1 aromatic heterocycles. The van der Waals surface area contributed by atoms with Crippen LogP contribution in [0.25, 0.3) is 10.8 Å². The summed E-state index contributed by atoms with van der Waals surface area (Å²) in [4.78, 5) is 12.7. The zero-order valence-electron chi connectivity index (χ0n) is 14.1. The summed E-state index contributed by atoms with van der Waals surface area (Å²) in [6.45, 7) is 2.81. The van der Waals surface area contributed by atoms with Crippen molar-refractivity contribution in [2.45, 2.75) is 38.6 Å². The first-order valence-electron chi connectivity index (χ1n) is 8.58. The van der Waals surface area contributed by atoms with Gasteiger partial charge in [0, 0.05) is 18.0 Å². The molecular formula is C20H21N3O2. The predicted octanol–water partition coefficient (Wildman–Crippen LogP) is 1.78. The van der Waals surface area contributed by atoms with Crippen molar-refractivity contribution in [2.75, 3.05) is 0 Å². The lowest BCUT2D eigenvalue weighted by Crippen LogP contribution is -2.47. The predicted molar refractivity (Wildman–Crippen MR) is 97.5 cm³/mol. The molecule has 0 amide bonds. The van der Waals surface area contributed by atoms with E-state index in [1.807, 2.05) is 43.3 Å². The van der Waals surface area contributed by atoms with Crippen molar-refractivity contribution in [1.29, 1.82) is 0 Å². The second-order valence-electron chi connectivity index (χ2n) is 6.65. The van der Waals surface area contributed by atoms with E-state index in [1.165, 1.54) is 15.8 Å².